The van der Waals surface area contributed by atoms with E-state index in [1.165, 1.54) is 36.4 Å². The second-order valence-corrected chi connectivity index (χ2v) is 13.7. The molecule has 5 aromatic carbocycles. The molecule has 0 unspecified atom stereocenters. The van der Waals surface area contributed by atoms with Gasteiger partial charge in [-0.1, -0.05) is 115 Å². The molecule has 0 amide bonds. The van der Waals surface area contributed by atoms with E-state index in [1.807, 2.05) is 19.1 Å². The summed E-state index contributed by atoms with van der Waals surface area (Å²) < 4.78 is 56.5. The van der Waals surface area contributed by atoms with Gasteiger partial charge in [0.2, 0.25) is 5.41 Å². The molecule has 0 aromatic heterocycles. The lowest BCUT2D eigenvalue weighted by molar-refractivity contribution is -0.181. The fourth-order valence-electron chi connectivity index (χ4n) is 6.32. The maximum Gasteiger partial charge on any atom is 0.327 e. The number of carbonyl (C=O) groups excluding carboxylic acids is 2. The van der Waals surface area contributed by atoms with Crippen LogP contribution in [-0.2, 0) is 42.3 Å². The Morgan fingerprint density at radius 2 is 1.18 bits per heavy atom. The quantitative estimate of drug-likeness (QED) is 0.0818. The van der Waals surface area contributed by atoms with Gasteiger partial charge in [0.1, 0.15) is 19.0 Å². The van der Waals surface area contributed by atoms with Crippen LogP contribution in [0.4, 0.5) is 10.1 Å². The highest BCUT2D eigenvalue weighted by Crippen LogP contribution is 2.61. The molecule has 0 aliphatic heterocycles. The summed E-state index contributed by atoms with van der Waals surface area (Å²) in [6, 6.07) is 36.2. The van der Waals surface area contributed by atoms with Crippen LogP contribution < -0.4 is 4.31 Å². The average Bonchev–Trinajstić information content (AvgIpc) is 3.12. The van der Waals surface area contributed by atoms with Gasteiger partial charge in [-0.05, 0) is 65.6 Å². The lowest BCUT2D eigenvalue weighted by Gasteiger charge is -2.56. The first kappa shape index (κ1) is 33.4. The zero-order valence-electron chi connectivity index (χ0n) is 26.7. The van der Waals surface area contributed by atoms with Crippen molar-refractivity contribution in [1.29, 1.82) is 0 Å². The Hall–Kier alpha value is -5.54. The van der Waals surface area contributed by atoms with Gasteiger partial charge in [0.15, 0.2) is 0 Å². The normalized spacial score (nSPS) is 16.7. The molecule has 248 valence electrons. The van der Waals surface area contributed by atoms with Crippen molar-refractivity contribution in [2.45, 2.75) is 37.0 Å². The molecule has 6 rings (SSSR count). The van der Waals surface area contributed by atoms with Gasteiger partial charge in [-0.25, -0.2) is 12.8 Å². The molecule has 1 saturated carbocycles. The summed E-state index contributed by atoms with van der Waals surface area (Å²) >= 11 is 0. The molecule has 0 spiro atoms. The molecule has 0 radical (unpaired) electrons. The summed E-state index contributed by atoms with van der Waals surface area (Å²) in [7, 11) is -4.45. The number of esters is 2. The van der Waals surface area contributed by atoms with E-state index in [0.29, 0.717) is 16.7 Å². The summed E-state index contributed by atoms with van der Waals surface area (Å²) in [5.74, 6) is -3.64. The molecule has 0 saturated heterocycles. The van der Waals surface area contributed by atoms with Crippen LogP contribution in [0.2, 0.25) is 0 Å². The fraction of sp³-hybridized carbons (Fsp3) is 0.150. The van der Waals surface area contributed by atoms with Crippen LogP contribution in [0.15, 0.2) is 157 Å². The number of ether oxygens (including phenoxy) is 2. The zero-order chi connectivity index (χ0) is 34.6. The number of hydrogen-bond acceptors (Lipinski definition) is 6. The largest absolute Gasteiger partial charge is 0.460 e. The van der Waals surface area contributed by atoms with E-state index in [9.17, 15) is 22.4 Å². The number of nitrogens with zero attached hydrogens (tertiary/aromatic N) is 1. The first-order chi connectivity index (χ1) is 23.6. The van der Waals surface area contributed by atoms with Crippen LogP contribution >= 0.6 is 0 Å². The number of sulfonamides is 1. The third-order valence-corrected chi connectivity index (χ3v) is 10.5. The Morgan fingerprint density at radius 1 is 0.714 bits per heavy atom. The number of para-hydroxylation sites is 1. The highest BCUT2D eigenvalue weighted by atomic mass is 32.2. The van der Waals surface area contributed by atoms with Crippen molar-refractivity contribution in [3.63, 3.8) is 0 Å². The van der Waals surface area contributed by atoms with Gasteiger partial charge >= 0.3 is 11.9 Å². The summed E-state index contributed by atoms with van der Waals surface area (Å²) in [5.41, 5.74) is 0.677. The van der Waals surface area contributed by atoms with Crippen molar-refractivity contribution in [3.05, 3.63) is 180 Å². The van der Waals surface area contributed by atoms with Crippen LogP contribution in [0.25, 0.3) is 0 Å². The van der Waals surface area contributed by atoms with Gasteiger partial charge in [-0.3, -0.25) is 13.9 Å². The first-order valence-corrected chi connectivity index (χ1v) is 17.1. The smallest absolute Gasteiger partial charge is 0.327 e. The van der Waals surface area contributed by atoms with E-state index in [-0.39, 0.29) is 29.4 Å². The number of hydrogen-bond donors (Lipinski definition) is 0. The summed E-state index contributed by atoms with van der Waals surface area (Å²) in [5, 5.41) is 0. The van der Waals surface area contributed by atoms with Crippen LogP contribution in [0.5, 0.6) is 0 Å². The van der Waals surface area contributed by atoms with Gasteiger partial charge < -0.3 is 9.47 Å². The van der Waals surface area contributed by atoms with Crippen LogP contribution in [0, 0.1) is 18.2 Å². The molecular weight excluding hydrogens is 642 g/mol. The van der Waals surface area contributed by atoms with Crippen molar-refractivity contribution in [3.8, 4) is 0 Å². The fourth-order valence-corrected chi connectivity index (χ4v) is 8.01. The Kier molecular flexibility index (Phi) is 9.47. The zero-order valence-corrected chi connectivity index (χ0v) is 27.6. The molecule has 0 N–H and O–H groups in total. The molecule has 49 heavy (non-hydrogen) atoms. The van der Waals surface area contributed by atoms with Gasteiger partial charge in [-0.2, -0.15) is 0 Å². The maximum atomic E-state index is 14.8. The molecule has 7 nitrogen and oxygen atoms in total. The minimum Gasteiger partial charge on any atom is -0.460 e. The Bertz CT molecular complexity index is 2000. The van der Waals surface area contributed by atoms with E-state index in [1.54, 1.807) is 91.0 Å². The Labute approximate surface area is 285 Å². The highest BCUT2D eigenvalue weighted by molar-refractivity contribution is 7.92. The number of aryl methyl sites for hydroxylation is 1. The van der Waals surface area contributed by atoms with Crippen molar-refractivity contribution in [2.75, 3.05) is 4.31 Å². The van der Waals surface area contributed by atoms with Crippen molar-refractivity contribution < 1.29 is 31.9 Å². The van der Waals surface area contributed by atoms with Crippen LogP contribution in [0.3, 0.4) is 0 Å². The summed E-state index contributed by atoms with van der Waals surface area (Å²) in [6.45, 7) is 5.72. The number of anilines is 1. The van der Waals surface area contributed by atoms with Gasteiger partial charge in [-0.15, -0.1) is 0 Å². The molecular formula is C40H34FNO6S. The minimum atomic E-state index is -4.45. The lowest BCUT2D eigenvalue weighted by Crippen LogP contribution is -2.70. The van der Waals surface area contributed by atoms with E-state index in [2.05, 4.69) is 6.58 Å². The topological polar surface area (TPSA) is 90.0 Å². The predicted octanol–water partition coefficient (Wildman–Crippen LogP) is 7.52. The minimum absolute atomic E-state index is 0.0517. The second kappa shape index (κ2) is 13.9. The Morgan fingerprint density at radius 3 is 1.67 bits per heavy atom. The van der Waals surface area contributed by atoms with Crippen molar-refractivity contribution in [2.24, 2.45) is 5.41 Å². The lowest BCUT2D eigenvalue weighted by atomic mass is 9.51. The molecule has 2 atom stereocenters. The standard InChI is InChI=1S/C40H34FNO6S/c1-28-18-24-35(25-19-28)49(45,46)42(34-16-10-5-11-17-34)37-29(2)36(32-20-22-33(41)23-21-32)40(37,38(43)47-26-30-12-6-3-7-13-30)39(44)48-27-31-14-8-4-9-15-31/h3-25,36-37H,2,26-27H2,1H3/t36-,37+/m0/s1. The van der Waals surface area contributed by atoms with E-state index in [4.69, 9.17) is 9.47 Å². The molecule has 5 aromatic rings. The number of halogens is 1. The number of rotatable bonds is 11. The summed E-state index contributed by atoms with van der Waals surface area (Å²) in [6.07, 6.45) is 0. The molecule has 0 heterocycles. The van der Waals surface area contributed by atoms with Gasteiger partial charge in [0.05, 0.1) is 16.6 Å². The number of carbonyl (C=O) groups is 2. The third-order valence-electron chi connectivity index (χ3n) is 8.74. The van der Waals surface area contributed by atoms with Crippen molar-refractivity contribution >= 4 is 27.6 Å². The van der Waals surface area contributed by atoms with Crippen LogP contribution in [0.1, 0.15) is 28.2 Å². The van der Waals surface area contributed by atoms with Crippen molar-refractivity contribution in [1.82, 2.24) is 0 Å². The number of benzene rings is 5. The Balaban J connectivity index is 1.55. The average molecular weight is 676 g/mol. The van der Waals surface area contributed by atoms with Gasteiger partial charge in [0.25, 0.3) is 10.0 Å². The van der Waals surface area contributed by atoms with E-state index >= 15 is 0 Å². The highest BCUT2D eigenvalue weighted by Gasteiger charge is 2.73. The first-order valence-electron chi connectivity index (χ1n) is 15.7. The SMILES string of the molecule is C=C1[C@@H](c2ccc(F)cc2)C(C(=O)OCc2ccccc2)(C(=O)OCc2ccccc2)[C@@H]1N(c1ccccc1)S(=O)(=O)c1ccc(C)cc1. The molecule has 1 fully saturated rings. The van der Waals surface area contributed by atoms with Gasteiger partial charge in [0, 0.05) is 5.92 Å². The molecule has 0 bridgehead atoms. The second-order valence-electron chi connectivity index (χ2n) is 11.9. The summed E-state index contributed by atoms with van der Waals surface area (Å²) in [4.78, 5) is 29.5. The molecule has 1 aliphatic rings. The molecule has 1 aliphatic carbocycles. The predicted molar refractivity (Wildman–Crippen MR) is 184 cm³/mol. The maximum absolute atomic E-state index is 14.8. The van der Waals surface area contributed by atoms with E-state index in [0.717, 1.165) is 9.87 Å². The monoisotopic (exact) mass is 675 g/mol. The third kappa shape index (κ3) is 6.37. The van der Waals surface area contributed by atoms with Crippen LogP contribution in [-0.4, -0.2) is 26.4 Å². The van der Waals surface area contributed by atoms with E-state index < -0.39 is 45.2 Å². The molecule has 9 heteroatoms.